The van der Waals surface area contributed by atoms with Crippen molar-refractivity contribution in [3.8, 4) is 0 Å². The monoisotopic (exact) mass is 411 g/mol. The molecule has 1 aromatic heterocycles. The maximum absolute atomic E-state index is 12.4. The number of hydrogen-bond acceptors (Lipinski definition) is 6. The van der Waals surface area contributed by atoms with Crippen LogP contribution in [0.1, 0.15) is 30.0 Å². The van der Waals surface area contributed by atoms with E-state index in [1.807, 2.05) is 60.7 Å². The van der Waals surface area contributed by atoms with Crippen molar-refractivity contribution in [3.05, 3.63) is 83.8 Å². The molecule has 0 fully saturated rings. The molecular formula is C21H21N3O4S. The summed E-state index contributed by atoms with van der Waals surface area (Å²) in [5.41, 5.74) is 1.82. The smallest absolute Gasteiger partial charge is 0.335 e. The van der Waals surface area contributed by atoms with Crippen LogP contribution in [0.4, 0.5) is 0 Å². The van der Waals surface area contributed by atoms with E-state index < -0.39 is 21.1 Å². The highest BCUT2D eigenvalue weighted by Crippen LogP contribution is 2.20. The second-order valence-electron chi connectivity index (χ2n) is 6.30. The molecule has 0 saturated carbocycles. The molecule has 29 heavy (non-hydrogen) atoms. The Bertz CT molecular complexity index is 1080. The van der Waals surface area contributed by atoms with E-state index in [4.69, 9.17) is 4.42 Å². The number of sulfone groups is 1. The van der Waals surface area contributed by atoms with Crippen LogP contribution < -0.4 is 5.32 Å². The molecule has 0 saturated heterocycles. The lowest BCUT2D eigenvalue weighted by molar-refractivity contribution is -0.117. The maximum atomic E-state index is 12.4. The van der Waals surface area contributed by atoms with Crippen molar-refractivity contribution in [3.63, 3.8) is 0 Å². The maximum Gasteiger partial charge on any atom is 0.335 e. The summed E-state index contributed by atoms with van der Waals surface area (Å²) in [6.07, 6.45) is 3.47. The first kappa shape index (κ1) is 20.5. The van der Waals surface area contributed by atoms with Gasteiger partial charge >= 0.3 is 5.22 Å². The minimum atomic E-state index is -3.63. The van der Waals surface area contributed by atoms with Crippen LogP contribution in [0, 0.1) is 0 Å². The zero-order valence-corrected chi connectivity index (χ0v) is 16.7. The Kier molecular flexibility index (Phi) is 6.56. The molecule has 0 radical (unpaired) electrons. The third kappa shape index (κ3) is 5.61. The third-order valence-corrected chi connectivity index (χ3v) is 5.65. The van der Waals surface area contributed by atoms with E-state index in [0.717, 1.165) is 11.1 Å². The number of carbonyl (C=O) groups is 1. The van der Waals surface area contributed by atoms with Crippen LogP contribution in [0.15, 0.2) is 76.4 Å². The van der Waals surface area contributed by atoms with Gasteiger partial charge in [0.05, 0.1) is 5.75 Å². The van der Waals surface area contributed by atoms with Gasteiger partial charge in [-0.1, -0.05) is 72.7 Å². The average Bonchev–Trinajstić information content (AvgIpc) is 3.25. The van der Waals surface area contributed by atoms with Crippen LogP contribution in [-0.2, 0) is 21.1 Å². The fourth-order valence-corrected chi connectivity index (χ4v) is 3.24. The molecule has 0 aliphatic heterocycles. The Labute approximate surface area is 169 Å². The zero-order valence-electron chi connectivity index (χ0n) is 15.9. The molecule has 8 heteroatoms. The van der Waals surface area contributed by atoms with Crippen molar-refractivity contribution in [2.24, 2.45) is 0 Å². The quantitative estimate of drug-likeness (QED) is 0.572. The van der Waals surface area contributed by atoms with Crippen LogP contribution >= 0.6 is 0 Å². The van der Waals surface area contributed by atoms with E-state index in [-0.39, 0.29) is 17.6 Å². The van der Waals surface area contributed by atoms with Crippen molar-refractivity contribution in [1.29, 1.82) is 0 Å². The number of hydrogen-bond donors (Lipinski definition) is 1. The molecule has 150 valence electrons. The standard InChI is InChI=1S/C21H21N3O4S/c1-2-29(26,27)21-24-23-20(28-21)18(15-17-11-7-4-8-12-17)22-19(25)14-13-16-9-5-3-6-10-16/h3-14,18H,2,15H2,1H3,(H,22,25)/b14-13+/t18-/m0/s1. The summed E-state index contributed by atoms with van der Waals surface area (Å²) in [4.78, 5) is 12.4. The van der Waals surface area contributed by atoms with E-state index in [2.05, 4.69) is 15.5 Å². The first-order chi connectivity index (χ1) is 14.0. The molecule has 0 aliphatic carbocycles. The van der Waals surface area contributed by atoms with Gasteiger partial charge in [-0.15, -0.1) is 5.10 Å². The summed E-state index contributed by atoms with van der Waals surface area (Å²) in [7, 11) is -3.63. The highest BCUT2D eigenvalue weighted by Gasteiger charge is 2.25. The van der Waals surface area contributed by atoms with Gasteiger partial charge in [0, 0.05) is 12.5 Å². The molecule has 7 nitrogen and oxygen atoms in total. The molecule has 1 amide bonds. The Hall–Kier alpha value is -3.26. The fraction of sp³-hybridized carbons (Fsp3) is 0.190. The molecule has 3 rings (SSSR count). The first-order valence-electron chi connectivity index (χ1n) is 9.11. The largest absolute Gasteiger partial charge is 0.410 e. The summed E-state index contributed by atoms with van der Waals surface area (Å²) in [5, 5.41) is 9.89. The van der Waals surface area contributed by atoms with Gasteiger partial charge in [0.1, 0.15) is 6.04 Å². The van der Waals surface area contributed by atoms with Gasteiger partial charge < -0.3 is 9.73 Å². The van der Waals surface area contributed by atoms with Gasteiger partial charge in [0.25, 0.3) is 0 Å². The van der Waals surface area contributed by atoms with Crippen LogP contribution in [-0.4, -0.2) is 30.3 Å². The predicted molar refractivity (Wildman–Crippen MR) is 109 cm³/mol. The molecule has 2 aromatic carbocycles. The van der Waals surface area contributed by atoms with E-state index >= 15 is 0 Å². The number of aromatic nitrogens is 2. The number of amides is 1. The summed E-state index contributed by atoms with van der Waals surface area (Å²) >= 11 is 0. The molecule has 0 unspecified atom stereocenters. The number of rotatable bonds is 8. The number of nitrogens with zero attached hydrogens (tertiary/aromatic N) is 2. The number of benzene rings is 2. The van der Waals surface area contributed by atoms with Gasteiger partial charge in [-0.3, -0.25) is 4.79 Å². The second kappa shape index (κ2) is 9.29. The van der Waals surface area contributed by atoms with Crippen molar-refractivity contribution >= 4 is 21.8 Å². The van der Waals surface area contributed by atoms with E-state index in [0.29, 0.717) is 6.42 Å². The van der Waals surface area contributed by atoms with Crippen molar-refractivity contribution in [2.75, 3.05) is 5.75 Å². The minimum Gasteiger partial charge on any atom is -0.410 e. The van der Waals surface area contributed by atoms with Gasteiger partial charge in [0.2, 0.25) is 21.6 Å². The topological polar surface area (TPSA) is 102 Å². The fourth-order valence-electron chi connectivity index (χ4n) is 2.62. The molecule has 0 spiro atoms. The lowest BCUT2D eigenvalue weighted by Gasteiger charge is -2.14. The zero-order chi connectivity index (χ0) is 20.7. The summed E-state index contributed by atoms with van der Waals surface area (Å²) in [5.74, 6) is -0.459. The van der Waals surface area contributed by atoms with E-state index in [1.165, 1.54) is 13.0 Å². The lowest BCUT2D eigenvalue weighted by atomic mass is 10.1. The summed E-state index contributed by atoms with van der Waals surface area (Å²) in [6, 6.07) is 18.2. The Morgan fingerprint density at radius 2 is 1.72 bits per heavy atom. The van der Waals surface area contributed by atoms with Gasteiger partial charge in [-0.05, 0) is 17.2 Å². The second-order valence-corrected chi connectivity index (χ2v) is 8.46. The highest BCUT2D eigenvalue weighted by molar-refractivity contribution is 7.91. The van der Waals surface area contributed by atoms with Crippen molar-refractivity contribution in [2.45, 2.75) is 24.6 Å². The third-order valence-electron chi connectivity index (χ3n) is 4.19. The number of nitrogens with one attached hydrogen (secondary N) is 1. The minimum absolute atomic E-state index is 0.0438. The first-order valence-corrected chi connectivity index (χ1v) is 10.8. The Morgan fingerprint density at radius 1 is 1.07 bits per heavy atom. The Morgan fingerprint density at radius 3 is 2.38 bits per heavy atom. The molecule has 0 bridgehead atoms. The molecule has 3 aromatic rings. The lowest BCUT2D eigenvalue weighted by Crippen LogP contribution is -2.28. The van der Waals surface area contributed by atoms with Crippen molar-refractivity contribution in [1.82, 2.24) is 15.5 Å². The van der Waals surface area contributed by atoms with E-state index in [9.17, 15) is 13.2 Å². The average molecular weight is 411 g/mol. The SMILES string of the molecule is CCS(=O)(=O)c1nnc([C@H](Cc2ccccc2)NC(=O)/C=C/c2ccccc2)o1. The summed E-state index contributed by atoms with van der Waals surface area (Å²) in [6.45, 7) is 1.50. The molecule has 0 aliphatic rings. The number of carbonyl (C=O) groups excluding carboxylic acids is 1. The van der Waals surface area contributed by atoms with Crippen LogP contribution in [0.25, 0.3) is 6.08 Å². The van der Waals surface area contributed by atoms with Gasteiger partial charge in [-0.25, -0.2) is 8.42 Å². The van der Waals surface area contributed by atoms with Crippen molar-refractivity contribution < 1.29 is 17.6 Å². The van der Waals surface area contributed by atoms with Crippen LogP contribution in [0.3, 0.4) is 0 Å². The van der Waals surface area contributed by atoms with Gasteiger partial charge in [-0.2, -0.15) is 0 Å². The summed E-state index contributed by atoms with van der Waals surface area (Å²) < 4.78 is 29.4. The normalized spacial score (nSPS) is 12.7. The van der Waals surface area contributed by atoms with Crippen LogP contribution in [0.5, 0.6) is 0 Å². The predicted octanol–water partition coefficient (Wildman–Crippen LogP) is 2.98. The van der Waals surface area contributed by atoms with Gasteiger partial charge in [0.15, 0.2) is 0 Å². The molecule has 1 N–H and O–H groups in total. The molecular weight excluding hydrogens is 390 g/mol. The molecule has 1 heterocycles. The molecule has 1 atom stereocenters. The van der Waals surface area contributed by atoms with Crippen LogP contribution in [0.2, 0.25) is 0 Å². The highest BCUT2D eigenvalue weighted by atomic mass is 32.2. The Balaban J connectivity index is 1.81. The van der Waals surface area contributed by atoms with E-state index in [1.54, 1.807) is 6.08 Å².